The van der Waals surface area contributed by atoms with Gasteiger partial charge in [0.1, 0.15) is 0 Å². The lowest BCUT2D eigenvalue weighted by Gasteiger charge is -2.29. The lowest BCUT2D eigenvalue weighted by atomic mass is 9.99. The van der Waals surface area contributed by atoms with E-state index in [1.54, 1.807) is 24.3 Å². The molecule has 3 heterocycles. The summed E-state index contributed by atoms with van der Waals surface area (Å²) in [6.45, 7) is 3.06. The molecule has 0 atom stereocenters. The second kappa shape index (κ2) is 5.77. The molecule has 1 aliphatic rings. The summed E-state index contributed by atoms with van der Waals surface area (Å²) >= 11 is 6.08. The van der Waals surface area contributed by atoms with Gasteiger partial charge in [-0.15, -0.1) is 0 Å². The van der Waals surface area contributed by atoms with Crippen LogP contribution in [0.4, 0.5) is 0 Å². The van der Waals surface area contributed by atoms with Gasteiger partial charge in [0, 0.05) is 37.6 Å². The van der Waals surface area contributed by atoms with Crippen molar-refractivity contribution in [2.45, 2.75) is 19.9 Å². The highest BCUT2D eigenvalue weighted by Gasteiger charge is 2.25. The van der Waals surface area contributed by atoms with Gasteiger partial charge in [-0.2, -0.15) is 0 Å². The van der Waals surface area contributed by atoms with E-state index >= 15 is 0 Å². The maximum atomic E-state index is 13.1. The van der Waals surface area contributed by atoms with Gasteiger partial charge in [0.05, 0.1) is 16.5 Å². The van der Waals surface area contributed by atoms with Gasteiger partial charge in [0.2, 0.25) is 0 Å². The summed E-state index contributed by atoms with van der Waals surface area (Å²) in [6, 6.07) is 5.81. The predicted octanol–water partition coefficient (Wildman–Crippen LogP) is 3.03. The van der Waals surface area contributed by atoms with Crippen LogP contribution in [-0.4, -0.2) is 26.9 Å². The highest BCUT2D eigenvalue weighted by molar-refractivity contribution is 6.30. The van der Waals surface area contributed by atoms with Crippen LogP contribution < -0.4 is 5.56 Å². The van der Waals surface area contributed by atoms with Gasteiger partial charge in [0.25, 0.3) is 11.5 Å². The summed E-state index contributed by atoms with van der Waals surface area (Å²) in [5.41, 5.74) is 4.23. The topological polar surface area (TPSA) is 58.1 Å². The Morgan fingerprint density at radius 2 is 2.08 bits per heavy atom. The Hall–Kier alpha value is -2.53. The maximum absolute atomic E-state index is 13.1. The largest absolute Gasteiger partial charge is 0.360 e. The molecule has 3 aromatic rings. The SMILES string of the molecule is Cc1cn(C)c(=O)c2c(C(=O)N3CCc4ccc(Cl)cc4C3)c[nH]c12. The molecule has 0 fully saturated rings. The third kappa shape index (κ3) is 2.55. The van der Waals surface area contributed by atoms with Crippen LogP contribution in [0.3, 0.4) is 0 Å². The Bertz CT molecular complexity index is 1060. The van der Waals surface area contributed by atoms with Crippen molar-refractivity contribution >= 4 is 28.4 Å². The first-order valence-electron chi connectivity index (χ1n) is 8.19. The average molecular weight is 356 g/mol. The Labute approximate surface area is 149 Å². The smallest absolute Gasteiger partial charge is 0.260 e. The van der Waals surface area contributed by atoms with Crippen LogP contribution in [0.15, 0.2) is 35.4 Å². The van der Waals surface area contributed by atoms with Gasteiger partial charge in [-0.1, -0.05) is 17.7 Å². The lowest BCUT2D eigenvalue weighted by Crippen LogP contribution is -2.36. The van der Waals surface area contributed by atoms with E-state index < -0.39 is 0 Å². The number of aromatic nitrogens is 2. The summed E-state index contributed by atoms with van der Waals surface area (Å²) < 4.78 is 1.52. The zero-order valence-corrected chi connectivity index (χ0v) is 14.9. The quantitative estimate of drug-likeness (QED) is 0.729. The number of carbonyl (C=O) groups excluding carboxylic acids is 1. The number of pyridine rings is 1. The summed E-state index contributed by atoms with van der Waals surface area (Å²) in [6.07, 6.45) is 4.21. The molecule has 5 nitrogen and oxygen atoms in total. The highest BCUT2D eigenvalue weighted by Crippen LogP contribution is 2.25. The van der Waals surface area contributed by atoms with Gasteiger partial charge in [-0.3, -0.25) is 9.59 Å². The van der Waals surface area contributed by atoms with E-state index in [1.807, 2.05) is 25.1 Å². The number of aryl methyl sites for hydroxylation is 2. The predicted molar refractivity (Wildman–Crippen MR) is 98.2 cm³/mol. The van der Waals surface area contributed by atoms with E-state index in [0.29, 0.717) is 29.1 Å². The van der Waals surface area contributed by atoms with Gasteiger partial charge in [-0.25, -0.2) is 0 Å². The first kappa shape index (κ1) is 16.0. The minimum Gasteiger partial charge on any atom is -0.360 e. The molecular formula is C19H18ClN3O2. The Morgan fingerprint density at radius 3 is 2.88 bits per heavy atom. The molecule has 0 aliphatic carbocycles. The number of halogens is 1. The molecule has 0 spiro atoms. The minimum atomic E-state index is -0.161. The lowest BCUT2D eigenvalue weighted by molar-refractivity contribution is 0.0736. The third-order valence-electron chi connectivity index (χ3n) is 4.89. The Balaban J connectivity index is 1.75. The van der Waals surface area contributed by atoms with E-state index in [0.717, 1.165) is 23.1 Å². The molecule has 128 valence electrons. The number of carbonyl (C=O) groups is 1. The molecule has 1 aliphatic heterocycles. The average Bonchev–Trinajstić information content (AvgIpc) is 3.04. The highest BCUT2D eigenvalue weighted by atomic mass is 35.5. The van der Waals surface area contributed by atoms with Gasteiger partial charge < -0.3 is 14.5 Å². The number of aromatic amines is 1. The number of benzene rings is 1. The van der Waals surface area contributed by atoms with Crippen molar-refractivity contribution in [2.24, 2.45) is 7.05 Å². The van der Waals surface area contributed by atoms with E-state index in [4.69, 9.17) is 11.6 Å². The molecule has 1 aromatic carbocycles. The van der Waals surface area contributed by atoms with E-state index in [2.05, 4.69) is 4.98 Å². The molecular weight excluding hydrogens is 338 g/mol. The van der Waals surface area contributed by atoms with Gasteiger partial charge in [-0.05, 0) is 42.2 Å². The number of rotatable bonds is 1. The zero-order valence-electron chi connectivity index (χ0n) is 14.1. The van der Waals surface area contributed by atoms with Crippen molar-refractivity contribution in [3.05, 3.63) is 68.2 Å². The number of hydrogen-bond donors (Lipinski definition) is 1. The summed E-state index contributed by atoms with van der Waals surface area (Å²) in [4.78, 5) is 30.5. The van der Waals surface area contributed by atoms with Crippen LogP contribution in [0.25, 0.3) is 10.9 Å². The molecule has 0 saturated carbocycles. The fraction of sp³-hybridized carbons (Fsp3) is 0.263. The summed E-state index contributed by atoms with van der Waals surface area (Å²) in [5, 5.41) is 1.13. The number of hydrogen-bond acceptors (Lipinski definition) is 2. The number of fused-ring (bicyclic) bond motifs is 2. The van der Waals surface area contributed by atoms with Crippen LogP contribution in [0, 0.1) is 6.92 Å². The van der Waals surface area contributed by atoms with Gasteiger partial charge >= 0.3 is 0 Å². The van der Waals surface area contributed by atoms with Crippen LogP contribution in [0.2, 0.25) is 5.02 Å². The van der Waals surface area contributed by atoms with Crippen molar-refractivity contribution in [3.8, 4) is 0 Å². The van der Waals surface area contributed by atoms with Crippen LogP contribution in [0.5, 0.6) is 0 Å². The molecule has 0 saturated heterocycles. The van der Waals surface area contributed by atoms with Crippen molar-refractivity contribution in [1.82, 2.24) is 14.5 Å². The minimum absolute atomic E-state index is 0.125. The first-order valence-corrected chi connectivity index (χ1v) is 8.57. The van der Waals surface area contributed by atoms with E-state index in [1.165, 1.54) is 10.1 Å². The second-order valence-corrected chi connectivity index (χ2v) is 7.01. The van der Waals surface area contributed by atoms with Crippen LogP contribution in [0.1, 0.15) is 27.0 Å². The number of H-pyrrole nitrogens is 1. The first-order chi connectivity index (χ1) is 12.0. The monoisotopic (exact) mass is 355 g/mol. The fourth-order valence-electron chi connectivity index (χ4n) is 3.58. The second-order valence-electron chi connectivity index (χ2n) is 6.57. The Kier molecular flexibility index (Phi) is 3.69. The molecule has 2 aromatic heterocycles. The molecule has 4 rings (SSSR count). The normalized spacial score (nSPS) is 14.0. The van der Waals surface area contributed by atoms with Crippen molar-refractivity contribution < 1.29 is 4.79 Å². The van der Waals surface area contributed by atoms with E-state index in [-0.39, 0.29) is 11.5 Å². The van der Waals surface area contributed by atoms with Crippen molar-refractivity contribution in [2.75, 3.05) is 6.54 Å². The summed E-state index contributed by atoms with van der Waals surface area (Å²) in [5.74, 6) is -0.125. The zero-order chi connectivity index (χ0) is 17.7. The van der Waals surface area contributed by atoms with Crippen LogP contribution in [-0.2, 0) is 20.0 Å². The molecule has 1 amide bonds. The third-order valence-corrected chi connectivity index (χ3v) is 5.13. The number of amides is 1. The molecule has 0 bridgehead atoms. The van der Waals surface area contributed by atoms with Gasteiger partial charge in [0.15, 0.2) is 0 Å². The standard InChI is InChI=1S/C19H18ClN3O2/c1-11-9-22(2)19(25)16-15(8-21-17(11)16)18(24)23-6-5-12-3-4-14(20)7-13(12)10-23/h3-4,7-9,21H,5-6,10H2,1-2H3. The molecule has 0 unspecified atom stereocenters. The maximum Gasteiger partial charge on any atom is 0.260 e. The fourth-order valence-corrected chi connectivity index (χ4v) is 3.78. The van der Waals surface area contributed by atoms with Crippen molar-refractivity contribution in [1.29, 1.82) is 0 Å². The van der Waals surface area contributed by atoms with Crippen molar-refractivity contribution in [3.63, 3.8) is 0 Å². The van der Waals surface area contributed by atoms with E-state index in [9.17, 15) is 9.59 Å². The number of nitrogens with one attached hydrogen (secondary N) is 1. The molecule has 6 heteroatoms. The van der Waals surface area contributed by atoms with Crippen LogP contribution >= 0.6 is 11.6 Å². The summed E-state index contributed by atoms with van der Waals surface area (Å²) in [7, 11) is 1.70. The molecule has 25 heavy (non-hydrogen) atoms. The number of nitrogens with zero attached hydrogens (tertiary/aromatic N) is 2. The Morgan fingerprint density at radius 1 is 1.28 bits per heavy atom. The molecule has 0 radical (unpaired) electrons. The molecule has 1 N–H and O–H groups in total.